The van der Waals surface area contributed by atoms with E-state index in [-0.39, 0.29) is 18.4 Å². The summed E-state index contributed by atoms with van der Waals surface area (Å²) < 4.78 is 7.86. The Morgan fingerprint density at radius 3 is 2.23 bits per heavy atom. The number of nitrogens with one attached hydrogen (secondary N) is 1. The van der Waals surface area contributed by atoms with Crippen LogP contribution in [0.4, 0.5) is 4.79 Å². The molecule has 0 saturated carbocycles. The van der Waals surface area contributed by atoms with Crippen LogP contribution in [-0.4, -0.2) is 46.4 Å². The van der Waals surface area contributed by atoms with E-state index < -0.39 is 17.5 Å². The molecule has 3 aromatic rings. The van der Waals surface area contributed by atoms with Crippen LogP contribution in [0, 0.1) is 13.8 Å². The van der Waals surface area contributed by atoms with Gasteiger partial charge < -0.3 is 14.6 Å². The summed E-state index contributed by atoms with van der Waals surface area (Å²) in [5.74, 6) is -0.724. The molecule has 2 aliphatic heterocycles. The highest BCUT2D eigenvalue weighted by molar-refractivity contribution is 6.13. The Bertz CT molecular complexity index is 1220. The first-order chi connectivity index (χ1) is 16.9. The summed E-state index contributed by atoms with van der Waals surface area (Å²) in [5, 5.41) is 2.90. The number of ketones is 1. The lowest BCUT2D eigenvalue weighted by molar-refractivity contribution is -0.129. The maximum Gasteiger partial charge on any atom is 0.325 e. The molecule has 1 N–H and O–H groups in total. The zero-order valence-electron chi connectivity index (χ0n) is 20.0. The van der Waals surface area contributed by atoms with Crippen molar-refractivity contribution in [2.75, 3.05) is 13.2 Å². The van der Waals surface area contributed by atoms with Crippen LogP contribution in [-0.2, 0) is 21.6 Å². The highest BCUT2D eigenvalue weighted by atomic mass is 16.5. The van der Waals surface area contributed by atoms with Gasteiger partial charge in [0.25, 0.3) is 5.91 Å². The van der Waals surface area contributed by atoms with Crippen LogP contribution in [0.15, 0.2) is 66.7 Å². The van der Waals surface area contributed by atoms with Gasteiger partial charge in [0, 0.05) is 30.1 Å². The van der Waals surface area contributed by atoms with Gasteiger partial charge in [0.05, 0.1) is 12.6 Å². The number of Topliss-reactive ketones (excluding diaryl/α,β-unsaturated/α-hetero) is 1. The number of ether oxygens (including phenoxy) is 1. The molecule has 1 atom stereocenters. The summed E-state index contributed by atoms with van der Waals surface area (Å²) in [6.45, 7) is 5.00. The molecule has 0 unspecified atom stereocenters. The summed E-state index contributed by atoms with van der Waals surface area (Å²) in [6, 6.07) is 19.6. The Hall–Kier alpha value is -3.71. The second-order valence-electron chi connectivity index (χ2n) is 9.26. The number of imide groups is 1. The van der Waals surface area contributed by atoms with E-state index in [9.17, 15) is 14.4 Å². The number of urea groups is 1. The number of hydrogen-bond donors (Lipinski definition) is 1. The lowest BCUT2D eigenvalue weighted by Gasteiger charge is -2.28. The van der Waals surface area contributed by atoms with Gasteiger partial charge in [0.2, 0.25) is 0 Å². The van der Waals surface area contributed by atoms with Crippen molar-refractivity contribution in [3.63, 3.8) is 0 Å². The molecule has 7 heteroatoms. The number of aryl methyl sites for hydroxylation is 1. The van der Waals surface area contributed by atoms with Crippen LogP contribution >= 0.6 is 0 Å². The first-order valence-corrected chi connectivity index (χ1v) is 12.0. The van der Waals surface area contributed by atoms with E-state index in [1.165, 1.54) is 0 Å². The van der Waals surface area contributed by atoms with Crippen LogP contribution in [0.2, 0.25) is 0 Å². The molecular formula is C28H29N3O4. The predicted octanol–water partition coefficient (Wildman–Crippen LogP) is 3.96. The third-order valence-electron chi connectivity index (χ3n) is 7.11. The van der Waals surface area contributed by atoms with Crippen LogP contribution in [0.3, 0.4) is 0 Å². The minimum atomic E-state index is -1.38. The molecule has 7 nitrogen and oxygen atoms in total. The average Bonchev–Trinajstić information content (AvgIpc) is 3.56. The topological polar surface area (TPSA) is 80.6 Å². The summed E-state index contributed by atoms with van der Waals surface area (Å²) in [7, 11) is 0. The van der Waals surface area contributed by atoms with Crippen molar-refractivity contribution in [1.29, 1.82) is 0 Å². The maximum absolute atomic E-state index is 13.9. The lowest BCUT2D eigenvalue weighted by atomic mass is 9.82. The van der Waals surface area contributed by atoms with E-state index in [0.717, 1.165) is 35.7 Å². The number of carbonyl (C=O) groups is 3. The smallest absolute Gasteiger partial charge is 0.325 e. The van der Waals surface area contributed by atoms with Gasteiger partial charge >= 0.3 is 6.03 Å². The molecule has 2 aliphatic rings. The van der Waals surface area contributed by atoms with Crippen LogP contribution in [0.5, 0.6) is 0 Å². The van der Waals surface area contributed by atoms with Crippen molar-refractivity contribution >= 4 is 17.7 Å². The van der Waals surface area contributed by atoms with Gasteiger partial charge in [-0.25, -0.2) is 4.79 Å². The van der Waals surface area contributed by atoms with Crippen molar-refractivity contribution in [2.24, 2.45) is 0 Å². The van der Waals surface area contributed by atoms with Crippen molar-refractivity contribution in [3.05, 3.63) is 94.8 Å². The fourth-order valence-corrected chi connectivity index (χ4v) is 5.24. The van der Waals surface area contributed by atoms with Crippen molar-refractivity contribution in [2.45, 2.75) is 44.9 Å². The second kappa shape index (κ2) is 9.15. The Kier molecular flexibility index (Phi) is 6.03. The highest BCUT2D eigenvalue weighted by Crippen LogP contribution is 2.36. The molecule has 5 rings (SSSR count). The van der Waals surface area contributed by atoms with E-state index in [0.29, 0.717) is 23.2 Å². The van der Waals surface area contributed by atoms with Crippen molar-refractivity contribution < 1.29 is 19.1 Å². The molecule has 0 bridgehead atoms. The van der Waals surface area contributed by atoms with E-state index >= 15 is 0 Å². The minimum Gasteiger partial charge on any atom is -0.376 e. The van der Waals surface area contributed by atoms with E-state index in [1.54, 1.807) is 0 Å². The van der Waals surface area contributed by atoms with Gasteiger partial charge in [-0.1, -0.05) is 60.7 Å². The van der Waals surface area contributed by atoms with Gasteiger partial charge in [-0.05, 0) is 43.9 Å². The first kappa shape index (κ1) is 23.1. The van der Waals surface area contributed by atoms with Gasteiger partial charge in [0.15, 0.2) is 11.3 Å². The summed E-state index contributed by atoms with van der Waals surface area (Å²) in [4.78, 5) is 41.4. The molecule has 0 radical (unpaired) electrons. The zero-order chi connectivity index (χ0) is 24.6. The Morgan fingerprint density at radius 1 is 1.03 bits per heavy atom. The Balaban J connectivity index is 1.44. The number of benzene rings is 2. The molecule has 180 valence electrons. The van der Waals surface area contributed by atoms with Crippen LogP contribution < -0.4 is 5.32 Å². The molecule has 3 heterocycles. The van der Waals surface area contributed by atoms with Crippen molar-refractivity contribution in [3.8, 4) is 0 Å². The summed E-state index contributed by atoms with van der Waals surface area (Å²) in [6.07, 6.45) is 2.20. The summed E-state index contributed by atoms with van der Waals surface area (Å²) in [5.41, 5.74) is 2.23. The lowest BCUT2D eigenvalue weighted by Crippen LogP contribution is -2.45. The number of amides is 3. The number of aromatic nitrogens is 1. The highest BCUT2D eigenvalue weighted by Gasteiger charge is 2.54. The molecular weight excluding hydrogens is 442 g/mol. The standard InChI is InChI=1S/C28H29N3O4/c1-19-16-24(20(2)30(19)17-23-14-9-15-35-23)25(32)18-31-26(33)28(29-27(31)34,21-10-5-3-6-11-21)22-12-7-4-8-13-22/h3-8,10-13,16,23H,9,14-15,17-18H2,1-2H3,(H,29,34)/t23-/m1/s1. The number of carbonyl (C=O) groups excluding carboxylic acids is 3. The second-order valence-corrected chi connectivity index (χ2v) is 9.26. The van der Waals surface area contributed by atoms with Crippen LogP contribution in [0.25, 0.3) is 0 Å². The predicted molar refractivity (Wildman–Crippen MR) is 131 cm³/mol. The van der Waals surface area contributed by atoms with Gasteiger partial charge in [0.1, 0.15) is 0 Å². The molecule has 0 spiro atoms. The average molecular weight is 472 g/mol. The minimum absolute atomic E-state index is 0.144. The van der Waals surface area contributed by atoms with Crippen LogP contribution in [0.1, 0.15) is 45.7 Å². The van der Waals surface area contributed by atoms with Gasteiger partial charge in [-0.15, -0.1) is 0 Å². The van der Waals surface area contributed by atoms with E-state index in [1.807, 2.05) is 80.6 Å². The summed E-state index contributed by atoms with van der Waals surface area (Å²) >= 11 is 0. The largest absolute Gasteiger partial charge is 0.376 e. The third-order valence-corrected chi connectivity index (χ3v) is 7.11. The molecule has 35 heavy (non-hydrogen) atoms. The van der Waals surface area contributed by atoms with Crippen molar-refractivity contribution in [1.82, 2.24) is 14.8 Å². The third kappa shape index (κ3) is 3.96. The van der Waals surface area contributed by atoms with E-state index in [2.05, 4.69) is 9.88 Å². The van der Waals surface area contributed by atoms with Gasteiger partial charge in [-0.3, -0.25) is 14.5 Å². The quantitative estimate of drug-likeness (QED) is 0.418. The zero-order valence-corrected chi connectivity index (χ0v) is 20.0. The molecule has 2 fully saturated rings. The maximum atomic E-state index is 13.9. The fraction of sp³-hybridized carbons (Fsp3) is 0.321. The SMILES string of the molecule is Cc1cc(C(=O)CN2C(=O)NC(c3ccccc3)(c3ccccc3)C2=O)c(C)n1C[C@H]1CCCO1. The Labute approximate surface area is 204 Å². The van der Waals surface area contributed by atoms with Gasteiger partial charge in [-0.2, -0.15) is 0 Å². The molecule has 2 aromatic carbocycles. The first-order valence-electron chi connectivity index (χ1n) is 12.0. The van der Waals surface area contributed by atoms with E-state index in [4.69, 9.17) is 4.74 Å². The normalized spacial score (nSPS) is 19.3. The molecule has 0 aliphatic carbocycles. The fourth-order valence-electron chi connectivity index (χ4n) is 5.24. The molecule has 1 aromatic heterocycles. The monoisotopic (exact) mass is 471 g/mol. The Morgan fingerprint density at radius 2 is 1.66 bits per heavy atom. The number of nitrogens with zero attached hydrogens (tertiary/aromatic N) is 2. The number of rotatable bonds is 7. The number of hydrogen-bond acceptors (Lipinski definition) is 4. The molecule has 3 amide bonds. The molecule has 2 saturated heterocycles.